The van der Waals surface area contributed by atoms with E-state index in [2.05, 4.69) is 15.0 Å². The van der Waals surface area contributed by atoms with Crippen LogP contribution < -0.4 is 0 Å². The van der Waals surface area contributed by atoms with Crippen molar-refractivity contribution in [1.29, 1.82) is 0 Å². The Balaban J connectivity index is 1.92. The molecule has 0 fully saturated rings. The first kappa shape index (κ1) is 13.8. The normalized spacial score (nSPS) is 14.4. The summed E-state index contributed by atoms with van der Waals surface area (Å²) in [5.41, 5.74) is 3.39. The summed E-state index contributed by atoms with van der Waals surface area (Å²) in [5.74, 6) is -1.30. The van der Waals surface area contributed by atoms with Crippen LogP contribution in [-0.2, 0) is 6.42 Å². The van der Waals surface area contributed by atoms with Crippen LogP contribution in [0.2, 0.25) is 0 Å². The number of para-hydroxylation sites is 1. The first-order valence-electron chi connectivity index (χ1n) is 7.17. The average molecular weight is 314 g/mol. The molecule has 0 saturated carbocycles. The van der Waals surface area contributed by atoms with Crippen LogP contribution in [0.5, 0.6) is 0 Å². The van der Waals surface area contributed by atoms with Crippen molar-refractivity contribution in [2.45, 2.75) is 13.3 Å². The molecular formula is C16H12F2N4O. The van der Waals surface area contributed by atoms with Gasteiger partial charge in [-0.25, -0.2) is 9.97 Å². The van der Waals surface area contributed by atoms with E-state index < -0.39 is 11.9 Å². The van der Waals surface area contributed by atoms with Gasteiger partial charge in [0.2, 0.25) is 5.95 Å². The van der Waals surface area contributed by atoms with E-state index in [4.69, 9.17) is 0 Å². The largest absolute Gasteiger partial charge is 0.358 e. The maximum atomic E-state index is 13.8. The number of hydrogen-bond acceptors (Lipinski definition) is 3. The Morgan fingerprint density at radius 2 is 2.09 bits per heavy atom. The molecule has 0 unspecified atom stereocenters. The van der Waals surface area contributed by atoms with Crippen LogP contribution in [-0.4, -0.2) is 32.5 Å². The monoisotopic (exact) mass is 314 g/mol. The molecule has 0 atom stereocenters. The number of H-pyrrole nitrogens is 1. The Morgan fingerprint density at radius 3 is 2.91 bits per heavy atom. The molecule has 0 aliphatic carbocycles. The fraction of sp³-hybridized carbons (Fsp3) is 0.188. The maximum Gasteiger partial charge on any atom is 0.283 e. The quantitative estimate of drug-likeness (QED) is 0.702. The second-order valence-electron chi connectivity index (χ2n) is 5.49. The lowest BCUT2D eigenvalue weighted by Gasteiger charge is -2.16. The predicted octanol–water partition coefficient (Wildman–Crippen LogP) is 2.96. The molecule has 0 spiro atoms. The second-order valence-corrected chi connectivity index (χ2v) is 5.49. The van der Waals surface area contributed by atoms with Crippen LogP contribution >= 0.6 is 0 Å². The highest BCUT2D eigenvalue weighted by molar-refractivity contribution is 5.99. The van der Waals surface area contributed by atoms with Crippen molar-refractivity contribution in [2.24, 2.45) is 0 Å². The number of nitrogens with one attached hydrogen (secondary N) is 1. The van der Waals surface area contributed by atoms with Crippen LogP contribution in [0.25, 0.3) is 22.3 Å². The van der Waals surface area contributed by atoms with Gasteiger partial charge >= 0.3 is 0 Å². The van der Waals surface area contributed by atoms with Crippen molar-refractivity contribution in [2.75, 3.05) is 6.54 Å². The summed E-state index contributed by atoms with van der Waals surface area (Å²) in [6, 6.07) is 6.88. The zero-order valence-corrected chi connectivity index (χ0v) is 12.2. The minimum absolute atomic E-state index is 0.0228. The molecule has 5 nitrogen and oxygen atoms in total. The average Bonchev–Trinajstić information content (AvgIpc) is 2.96. The first-order valence-corrected chi connectivity index (χ1v) is 7.17. The molecule has 0 saturated heterocycles. The molecule has 3 aromatic rings. The minimum atomic E-state index is -0.665. The molecule has 1 aromatic carbocycles. The van der Waals surface area contributed by atoms with Crippen LogP contribution in [0.3, 0.4) is 0 Å². The summed E-state index contributed by atoms with van der Waals surface area (Å²) in [6.07, 6.45) is 0.404. The van der Waals surface area contributed by atoms with E-state index in [1.807, 2.05) is 0 Å². The lowest BCUT2D eigenvalue weighted by atomic mass is 10.1. The molecule has 116 valence electrons. The number of carbonyl (C=O) groups is 1. The number of aromatic amines is 1. The fourth-order valence-electron chi connectivity index (χ4n) is 2.83. The number of carbonyl (C=O) groups excluding carboxylic acids is 1. The molecular weight excluding hydrogens is 302 g/mol. The van der Waals surface area contributed by atoms with E-state index in [0.29, 0.717) is 40.0 Å². The number of hydrogen-bond donors (Lipinski definition) is 1. The molecule has 0 bridgehead atoms. The Kier molecular flexibility index (Phi) is 2.90. The molecule has 7 heteroatoms. The number of nitrogens with zero attached hydrogens (tertiary/aromatic N) is 3. The van der Waals surface area contributed by atoms with Crippen molar-refractivity contribution in [3.63, 3.8) is 0 Å². The topological polar surface area (TPSA) is 61.9 Å². The number of aryl methyl sites for hydroxylation is 1. The van der Waals surface area contributed by atoms with Gasteiger partial charge in [-0.1, -0.05) is 16.6 Å². The van der Waals surface area contributed by atoms with E-state index in [9.17, 15) is 13.7 Å². The summed E-state index contributed by atoms with van der Waals surface area (Å²) in [4.78, 5) is 23.1. The van der Waals surface area contributed by atoms with Crippen LogP contribution in [0.1, 0.15) is 21.7 Å². The SMILES string of the molecule is Cc1nc2cccc(-c3cc4c([nH]3)CCN(F)C4=O)c2nc1F. The molecule has 0 radical (unpaired) electrons. The van der Waals surface area contributed by atoms with Gasteiger partial charge in [0.25, 0.3) is 5.91 Å². The lowest BCUT2D eigenvalue weighted by molar-refractivity contribution is 0.0169. The fourth-order valence-corrected chi connectivity index (χ4v) is 2.83. The lowest BCUT2D eigenvalue weighted by Crippen LogP contribution is -2.30. The Hall–Kier alpha value is -2.83. The maximum absolute atomic E-state index is 13.8. The Labute approximate surface area is 129 Å². The summed E-state index contributed by atoms with van der Waals surface area (Å²) in [7, 11) is 0. The number of rotatable bonds is 1. The summed E-state index contributed by atoms with van der Waals surface area (Å²) < 4.78 is 27.2. The molecule has 1 amide bonds. The Morgan fingerprint density at radius 1 is 1.26 bits per heavy atom. The molecule has 1 aliphatic rings. The molecule has 3 heterocycles. The van der Waals surface area contributed by atoms with Crippen LogP contribution in [0.4, 0.5) is 8.87 Å². The van der Waals surface area contributed by atoms with E-state index in [0.717, 1.165) is 0 Å². The van der Waals surface area contributed by atoms with Crippen molar-refractivity contribution in [1.82, 2.24) is 20.1 Å². The zero-order chi connectivity index (χ0) is 16.1. The van der Waals surface area contributed by atoms with Gasteiger partial charge in [0.15, 0.2) is 0 Å². The van der Waals surface area contributed by atoms with E-state index in [-0.39, 0.29) is 17.4 Å². The number of amides is 1. The van der Waals surface area contributed by atoms with Gasteiger partial charge in [-0.05, 0) is 19.1 Å². The molecule has 1 N–H and O–H groups in total. The molecule has 23 heavy (non-hydrogen) atoms. The first-order chi connectivity index (χ1) is 11.0. The highest BCUT2D eigenvalue weighted by atomic mass is 19.2. The van der Waals surface area contributed by atoms with Gasteiger partial charge < -0.3 is 4.98 Å². The number of benzene rings is 1. The standard InChI is InChI=1S/C16H12F2N4O/c1-8-15(17)21-14-9(3-2-4-12(14)19-8)13-7-10-11(20-13)5-6-22(18)16(10)23/h2-4,7,20H,5-6H2,1H3. The van der Waals surface area contributed by atoms with Crippen molar-refractivity contribution < 1.29 is 13.7 Å². The zero-order valence-electron chi connectivity index (χ0n) is 12.2. The molecule has 2 aromatic heterocycles. The predicted molar refractivity (Wildman–Crippen MR) is 79.9 cm³/mol. The van der Waals surface area contributed by atoms with Gasteiger partial charge in [-0.15, -0.1) is 0 Å². The van der Waals surface area contributed by atoms with Gasteiger partial charge in [-0.2, -0.15) is 9.51 Å². The third-order valence-corrected chi connectivity index (χ3v) is 4.01. The smallest absolute Gasteiger partial charge is 0.283 e. The van der Waals surface area contributed by atoms with Crippen LogP contribution in [0, 0.1) is 12.9 Å². The van der Waals surface area contributed by atoms with Gasteiger partial charge in [0, 0.05) is 23.4 Å². The van der Waals surface area contributed by atoms with Crippen molar-refractivity contribution >= 4 is 16.9 Å². The van der Waals surface area contributed by atoms with E-state index in [1.54, 1.807) is 31.2 Å². The summed E-state index contributed by atoms with van der Waals surface area (Å²) in [5, 5.41) is 0.200. The number of aromatic nitrogens is 3. The minimum Gasteiger partial charge on any atom is -0.358 e. The van der Waals surface area contributed by atoms with Gasteiger partial charge in [0.1, 0.15) is 5.52 Å². The number of halogens is 2. The van der Waals surface area contributed by atoms with Crippen molar-refractivity contribution in [3.05, 3.63) is 47.2 Å². The highest BCUT2D eigenvalue weighted by Gasteiger charge is 2.27. The van der Waals surface area contributed by atoms with E-state index >= 15 is 0 Å². The van der Waals surface area contributed by atoms with Gasteiger partial charge in [0.05, 0.1) is 23.3 Å². The van der Waals surface area contributed by atoms with Gasteiger partial charge in [-0.3, -0.25) is 4.79 Å². The van der Waals surface area contributed by atoms with Crippen molar-refractivity contribution in [3.8, 4) is 11.3 Å². The number of fused-ring (bicyclic) bond motifs is 2. The summed E-state index contributed by atoms with van der Waals surface area (Å²) in [6.45, 7) is 1.57. The second kappa shape index (κ2) is 4.84. The van der Waals surface area contributed by atoms with Crippen LogP contribution in [0.15, 0.2) is 24.3 Å². The third kappa shape index (κ3) is 2.08. The molecule has 4 rings (SSSR count). The molecule has 1 aliphatic heterocycles. The van der Waals surface area contributed by atoms with E-state index in [1.165, 1.54) is 0 Å². The highest BCUT2D eigenvalue weighted by Crippen LogP contribution is 2.30. The third-order valence-electron chi connectivity index (χ3n) is 4.01. The summed E-state index contributed by atoms with van der Waals surface area (Å²) >= 11 is 0. The Bertz CT molecular complexity index is 951.